The summed E-state index contributed by atoms with van der Waals surface area (Å²) >= 11 is 0. The van der Waals surface area contributed by atoms with Gasteiger partial charge in [-0.05, 0) is 48.9 Å². The Kier molecular flexibility index (Phi) is 4.98. The van der Waals surface area contributed by atoms with Crippen molar-refractivity contribution in [2.75, 3.05) is 18.4 Å². The predicted octanol–water partition coefficient (Wildman–Crippen LogP) is 2.47. The maximum absolute atomic E-state index is 13.0. The minimum atomic E-state index is -3.87. The summed E-state index contributed by atoms with van der Waals surface area (Å²) in [6, 6.07) is 14.3. The molecule has 4 rings (SSSR count). The highest BCUT2D eigenvalue weighted by Gasteiger charge is 2.31. The average Bonchev–Trinajstić information content (AvgIpc) is 2.69. The molecule has 28 heavy (non-hydrogen) atoms. The van der Waals surface area contributed by atoms with Gasteiger partial charge in [0.05, 0.1) is 10.6 Å². The molecular weight excluding hydrogens is 398 g/mol. The van der Waals surface area contributed by atoms with E-state index in [0.29, 0.717) is 24.7 Å². The summed E-state index contributed by atoms with van der Waals surface area (Å²) in [6.07, 6.45) is 3.59. The van der Waals surface area contributed by atoms with Crippen molar-refractivity contribution in [2.45, 2.75) is 29.1 Å². The van der Waals surface area contributed by atoms with Crippen LogP contribution in [0.15, 0.2) is 62.7 Å². The van der Waals surface area contributed by atoms with Gasteiger partial charge in [0, 0.05) is 13.1 Å². The van der Waals surface area contributed by atoms with Crippen molar-refractivity contribution in [2.24, 2.45) is 10.3 Å². The molecule has 2 aliphatic heterocycles. The second-order valence-corrected chi connectivity index (χ2v) is 10.6. The van der Waals surface area contributed by atoms with Crippen LogP contribution < -0.4 is 5.32 Å². The second kappa shape index (κ2) is 7.31. The Labute approximate surface area is 165 Å². The lowest BCUT2D eigenvalue weighted by Crippen LogP contribution is -2.39. The first-order chi connectivity index (χ1) is 13.4. The van der Waals surface area contributed by atoms with Crippen LogP contribution in [0.4, 0.5) is 5.69 Å². The van der Waals surface area contributed by atoms with Crippen LogP contribution in [0.2, 0.25) is 0 Å². The number of rotatable bonds is 4. The van der Waals surface area contributed by atoms with Crippen molar-refractivity contribution in [1.29, 1.82) is 0 Å². The van der Waals surface area contributed by atoms with Gasteiger partial charge in [0.15, 0.2) is 0 Å². The smallest absolute Gasteiger partial charge is 0.285 e. The van der Waals surface area contributed by atoms with Gasteiger partial charge in [0.1, 0.15) is 11.2 Å². The van der Waals surface area contributed by atoms with E-state index in [1.807, 2.05) is 18.2 Å². The van der Waals surface area contributed by atoms with Crippen LogP contribution in [0, 0.1) is 5.92 Å². The first-order valence-corrected chi connectivity index (χ1v) is 12.0. The van der Waals surface area contributed by atoms with Crippen LogP contribution in [-0.4, -0.2) is 40.6 Å². The predicted molar refractivity (Wildman–Crippen MR) is 107 cm³/mol. The van der Waals surface area contributed by atoms with Crippen molar-refractivity contribution < 1.29 is 16.8 Å². The van der Waals surface area contributed by atoms with Gasteiger partial charge in [-0.3, -0.25) is 0 Å². The first kappa shape index (κ1) is 19.1. The lowest BCUT2D eigenvalue weighted by atomic mass is 9.91. The highest BCUT2D eigenvalue weighted by Crippen LogP contribution is 2.31. The molecule has 1 N–H and O–H groups in total. The standard InChI is InChI=1S/C19H21N3O4S2/c23-27(24)19-13-17(6-7-18(19)20-14-21-27)28(25,26)22-10-8-16(9-11-22)12-15-4-2-1-3-5-15/h1-7,13-14,16H,8-12H2,(H,20,21). The molecule has 0 atom stereocenters. The molecule has 1 saturated heterocycles. The Morgan fingerprint density at radius 1 is 1.07 bits per heavy atom. The number of hydrogen-bond acceptors (Lipinski definition) is 5. The molecule has 2 aromatic rings. The number of hydrogen-bond donors (Lipinski definition) is 1. The van der Waals surface area contributed by atoms with Crippen LogP contribution in [0.25, 0.3) is 0 Å². The minimum absolute atomic E-state index is 0.0183. The zero-order valence-electron chi connectivity index (χ0n) is 15.2. The fourth-order valence-electron chi connectivity index (χ4n) is 3.67. The van der Waals surface area contributed by atoms with E-state index in [4.69, 9.17) is 0 Å². The van der Waals surface area contributed by atoms with E-state index in [1.165, 1.54) is 28.1 Å². The summed E-state index contributed by atoms with van der Waals surface area (Å²) < 4.78 is 55.1. The van der Waals surface area contributed by atoms with Crippen LogP contribution in [-0.2, 0) is 26.5 Å². The summed E-state index contributed by atoms with van der Waals surface area (Å²) in [7, 11) is -7.63. The molecule has 0 amide bonds. The second-order valence-electron chi connectivity index (χ2n) is 7.05. The van der Waals surface area contributed by atoms with Crippen molar-refractivity contribution in [3.05, 3.63) is 54.1 Å². The Hall–Kier alpha value is -2.23. The first-order valence-electron chi connectivity index (χ1n) is 9.10. The Balaban J connectivity index is 1.50. The summed E-state index contributed by atoms with van der Waals surface area (Å²) in [4.78, 5) is -0.134. The Morgan fingerprint density at radius 3 is 2.50 bits per heavy atom. The zero-order chi connectivity index (χ0) is 19.8. The number of nitrogens with zero attached hydrogens (tertiary/aromatic N) is 2. The van der Waals surface area contributed by atoms with Crippen molar-refractivity contribution >= 4 is 32.1 Å². The quantitative estimate of drug-likeness (QED) is 0.821. The van der Waals surface area contributed by atoms with E-state index in [0.717, 1.165) is 25.6 Å². The van der Waals surface area contributed by atoms with Crippen molar-refractivity contribution in [1.82, 2.24) is 4.31 Å². The topological polar surface area (TPSA) is 95.9 Å². The molecule has 2 aromatic carbocycles. The molecule has 0 spiro atoms. The van der Waals surface area contributed by atoms with E-state index in [9.17, 15) is 16.8 Å². The third-order valence-electron chi connectivity index (χ3n) is 5.22. The van der Waals surface area contributed by atoms with Crippen LogP contribution in [0.5, 0.6) is 0 Å². The highest BCUT2D eigenvalue weighted by atomic mass is 32.2. The van der Waals surface area contributed by atoms with Gasteiger partial charge in [0.2, 0.25) is 10.0 Å². The molecule has 1 fully saturated rings. The van der Waals surface area contributed by atoms with Crippen molar-refractivity contribution in [3.8, 4) is 0 Å². The summed E-state index contributed by atoms with van der Waals surface area (Å²) in [5.41, 5.74) is 1.59. The molecule has 7 nitrogen and oxygen atoms in total. The number of anilines is 1. The van der Waals surface area contributed by atoms with Crippen LogP contribution in [0.1, 0.15) is 18.4 Å². The van der Waals surface area contributed by atoms with Gasteiger partial charge in [-0.2, -0.15) is 12.7 Å². The maximum Gasteiger partial charge on any atom is 0.285 e. The largest absolute Gasteiger partial charge is 0.345 e. The van der Waals surface area contributed by atoms with Gasteiger partial charge in [0.25, 0.3) is 10.0 Å². The molecule has 2 aliphatic rings. The normalized spacial score (nSPS) is 19.7. The van der Waals surface area contributed by atoms with E-state index in [-0.39, 0.29) is 9.79 Å². The molecule has 0 saturated carbocycles. The van der Waals surface area contributed by atoms with Gasteiger partial charge in [-0.15, -0.1) is 4.40 Å². The van der Waals surface area contributed by atoms with E-state index >= 15 is 0 Å². The SMILES string of the molecule is O=S1(=O)N=CNc2ccc(S(=O)(=O)N3CCC(Cc4ccccc4)CC3)cc21. The highest BCUT2D eigenvalue weighted by molar-refractivity contribution is 7.91. The molecule has 0 aliphatic carbocycles. The molecule has 2 heterocycles. The van der Waals surface area contributed by atoms with Gasteiger partial charge >= 0.3 is 0 Å². The third kappa shape index (κ3) is 3.69. The van der Waals surface area contributed by atoms with Gasteiger partial charge < -0.3 is 5.32 Å². The minimum Gasteiger partial charge on any atom is -0.345 e. The van der Waals surface area contributed by atoms with E-state index in [1.54, 1.807) is 0 Å². The number of nitrogens with one attached hydrogen (secondary N) is 1. The third-order valence-corrected chi connectivity index (χ3v) is 8.39. The molecule has 0 radical (unpaired) electrons. The number of benzene rings is 2. The lowest BCUT2D eigenvalue weighted by Gasteiger charge is -2.31. The lowest BCUT2D eigenvalue weighted by molar-refractivity contribution is 0.273. The van der Waals surface area contributed by atoms with Crippen molar-refractivity contribution in [3.63, 3.8) is 0 Å². The number of fused-ring (bicyclic) bond motifs is 1. The summed E-state index contributed by atoms with van der Waals surface area (Å²) in [5, 5.41) is 2.73. The van der Waals surface area contributed by atoms with E-state index < -0.39 is 20.0 Å². The monoisotopic (exact) mass is 419 g/mol. The zero-order valence-corrected chi connectivity index (χ0v) is 16.8. The average molecular weight is 420 g/mol. The van der Waals surface area contributed by atoms with Gasteiger partial charge in [-0.25, -0.2) is 8.42 Å². The summed E-state index contributed by atoms with van der Waals surface area (Å²) in [6.45, 7) is 0.861. The molecule has 148 valence electrons. The van der Waals surface area contributed by atoms with Crippen LogP contribution >= 0.6 is 0 Å². The fourth-order valence-corrected chi connectivity index (χ4v) is 6.22. The maximum atomic E-state index is 13.0. The number of sulfonamides is 2. The number of piperidine rings is 1. The van der Waals surface area contributed by atoms with Crippen LogP contribution in [0.3, 0.4) is 0 Å². The van der Waals surface area contributed by atoms with E-state index in [2.05, 4.69) is 21.8 Å². The Bertz CT molecular complexity index is 1110. The van der Waals surface area contributed by atoms with Gasteiger partial charge in [-0.1, -0.05) is 30.3 Å². The molecule has 0 unspecified atom stereocenters. The summed E-state index contributed by atoms with van der Waals surface area (Å²) in [5.74, 6) is 0.441. The molecule has 0 bridgehead atoms. The molecule has 0 aromatic heterocycles. The fraction of sp³-hybridized carbons (Fsp3) is 0.316. The molecule has 9 heteroatoms. The Morgan fingerprint density at radius 2 is 1.79 bits per heavy atom. The molecular formula is C19H21N3O4S2.